The predicted octanol–water partition coefficient (Wildman–Crippen LogP) is 2.84. The van der Waals surface area contributed by atoms with Gasteiger partial charge in [0.2, 0.25) is 0 Å². The molecule has 0 aliphatic rings. The Morgan fingerprint density at radius 2 is 2.21 bits per heavy atom. The van der Waals surface area contributed by atoms with Crippen molar-refractivity contribution in [3.63, 3.8) is 0 Å². The highest BCUT2D eigenvalue weighted by Crippen LogP contribution is 2.25. The molecule has 0 spiro atoms. The molecular weight excluding hydrogens is 256 g/mol. The van der Waals surface area contributed by atoms with Crippen molar-refractivity contribution in [1.82, 2.24) is 20.1 Å². The van der Waals surface area contributed by atoms with Crippen molar-refractivity contribution in [2.24, 2.45) is 0 Å². The summed E-state index contributed by atoms with van der Waals surface area (Å²) in [4.78, 5) is 4.66. The molecule has 1 N–H and O–H groups in total. The first-order valence-electron chi connectivity index (χ1n) is 6.39. The first kappa shape index (κ1) is 12.3. The molecule has 0 fully saturated rings. The van der Waals surface area contributed by atoms with E-state index >= 15 is 0 Å². The lowest BCUT2D eigenvalue weighted by Gasteiger charge is -2.10. The van der Waals surface area contributed by atoms with Crippen LogP contribution in [0.3, 0.4) is 0 Å². The van der Waals surface area contributed by atoms with Crippen LogP contribution < -0.4 is 5.32 Å². The van der Waals surface area contributed by atoms with E-state index in [1.807, 2.05) is 23.0 Å². The van der Waals surface area contributed by atoms with Crippen molar-refractivity contribution in [3.05, 3.63) is 47.7 Å². The highest BCUT2D eigenvalue weighted by molar-refractivity contribution is 7.18. The van der Waals surface area contributed by atoms with E-state index in [0.717, 1.165) is 23.6 Å². The van der Waals surface area contributed by atoms with Gasteiger partial charge in [-0.25, -0.2) is 4.98 Å². The van der Waals surface area contributed by atoms with Gasteiger partial charge in [-0.05, 0) is 25.1 Å². The lowest BCUT2D eigenvalue weighted by molar-refractivity contribution is 0.506. The SMILES string of the molecule is CC(NCCn1cccn1)c1nc2ccccc2s1. The molecule has 5 heteroatoms. The quantitative estimate of drug-likeness (QED) is 0.776. The van der Waals surface area contributed by atoms with Crippen LogP contribution in [0.2, 0.25) is 0 Å². The first-order chi connectivity index (χ1) is 9.33. The van der Waals surface area contributed by atoms with Crippen molar-refractivity contribution in [2.75, 3.05) is 6.54 Å². The average Bonchev–Trinajstić information content (AvgIpc) is 3.07. The summed E-state index contributed by atoms with van der Waals surface area (Å²) in [6.45, 7) is 3.92. The molecule has 0 aliphatic heterocycles. The lowest BCUT2D eigenvalue weighted by Crippen LogP contribution is -2.23. The molecule has 0 radical (unpaired) electrons. The van der Waals surface area contributed by atoms with Gasteiger partial charge in [0.15, 0.2) is 0 Å². The molecule has 0 saturated carbocycles. The van der Waals surface area contributed by atoms with Gasteiger partial charge in [0, 0.05) is 18.9 Å². The van der Waals surface area contributed by atoms with Gasteiger partial charge in [-0.1, -0.05) is 12.1 Å². The Kier molecular flexibility index (Phi) is 3.57. The standard InChI is InChI=1S/C14H16N4S/c1-11(15-8-10-18-9-4-7-16-18)14-17-12-5-2-3-6-13(12)19-14/h2-7,9,11,15H,8,10H2,1H3. The largest absolute Gasteiger partial charge is 0.306 e. The topological polar surface area (TPSA) is 42.7 Å². The van der Waals surface area contributed by atoms with Crippen LogP contribution in [-0.2, 0) is 6.54 Å². The van der Waals surface area contributed by atoms with E-state index in [9.17, 15) is 0 Å². The molecule has 3 aromatic rings. The number of rotatable bonds is 5. The summed E-state index contributed by atoms with van der Waals surface area (Å²) in [5, 5.41) is 8.81. The van der Waals surface area contributed by atoms with Crippen LogP contribution in [0.25, 0.3) is 10.2 Å². The molecular formula is C14H16N4S. The van der Waals surface area contributed by atoms with Crippen LogP contribution in [0.4, 0.5) is 0 Å². The second-order valence-electron chi connectivity index (χ2n) is 4.46. The molecule has 0 saturated heterocycles. The molecule has 1 unspecified atom stereocenters. The normalized spacial score (nSPS) is 12.9. The molecule has 0 amide bonds. The monoisotopic (exact) mass is 272 g/mol. The summed E-state index contributed by atoms with van der Waals surface area (Å²) >= 11 is 1.76. The highest BCUT2D eigenvalue weighted by Gasteiger charge is 2.10. The number of aromatic nitrogens is 3. The summed E-state index contributed by atoms with van der Waals surface area (Å²) in [5.41, 5.74) is 1.09. The molecule has 19 heavy (non-hydrogen) atoms. The van der Waals surface area contributed by atoms with E-state index in [2.05, 4.69) is 40.5 Å². The fraction of sp³-hybridized carbons (Fsp3) is 0.286. The first-order valence-corrected chi connectivity index (χ1v) is 7.21. The molecule has 98 valence electrons. The zero-order chi connectivity index (χ0) is 13.1. The van der Waals surface area contributed by atoms with Crippen LogP contribution >= 0.6 is 11.3 Å². The summed E-state index contributed by atoms with van der Waals surface area (Å²) in [6, 6.07) is 10.5. The van der Waals surface area contributed by atoms with E-state index in [-0.39, 0.29) is 6.04 Å². The van der Waals surface area contributed by atoms with Gasteiger partial charge < -0.3 is 5.32 Å². The van der Waals surface area contributed by atoms with E-state index in [1.165, 1.54) is 4.70 Å². The van der Waals surface area contributed by atoms with E-state index in [1.54, 1.807) is 17.5 Å². The van der Waals surface area contributed by atoms with Crippen LogP contribution in [0.15, 0.2) is 42.7 Å². The second kappa shape index (κ2) is 5.50. The number of thiazole rings is 1. The maximum atomic E-state index is 4.66. The van der Waals surface area contributed by atoms with Gasteiger partial charge in [0.05, 0.1) is 22.8 Å². The van der Waals surface area contributed by atoms with Crippen LogP contribution in [-0.4, -0.2) is 21.3 Å². The zero-order valence-electron chi connectivity index (χ0n) is 10.8. The Balaban J connectivity index is 1.61. The van der Waals surface area contributed by atoms with Crippen molar-refractivity contribution in [2.45, 2.75) is 19.5 Å². The molecule has 1 atom stereocenters. The minimum atomic E-state index is 0.271. The third-order valence-corrected chi connectivity index (χ3v) is 4.25. The number of hydrogen-bond acceptors (Lipinski definition) is 4. The lowest BCUT2D eigenvalue weighted by atomic mass is 10.3. The van der Waals surface area contributed by atoms with Gasteiger partial charge in [-0.2, -0.15) is 5.10 Å². The summed E-state index contributed by atoms with van der Waals surface area (Å²) in [5.74, 6) is 0. The fourth-order valence-electron chi connectivity index (χ4n) is 1.99. The average molecular weight is 272 g/mol. The minimum Gasteiger partial charge on any atom is -0.306 e. The minimum absolute atomic E-state index is 0.271. The van der Waals surface area contributed by atoms with Gasteiger partial charge in [-0.3, -0.25) is 4.68 Å². The smallest absolute Gasteiger partial charge is 0.111 e. The second-order valence-corrected chi connectivity index (χ2v) is 5.53. The van der Waals surface area contributed by atoms with Gasteiger partial charge in [0.25, 0.3) is 0 Å². The third kappa shape index (κ3) is 2.83. The summed E-state index contributed by atoms with van der Waals surface area (Å²) in [6.07, 6.45) is 3.78. The molecule has 2 heterocycles. The van der Waals surface area contributed by atoms with Crippen LogP contribution in [0, 0.1) is 0 Å². The third-order valence-electron chi connectivity index (χ3n) is 3.03. The molecule has 3 rings (SSSR count). The maximum Gasteiger partial charge on any atom is 0.111 e. The van der Waals surface area contributed by atoms with E-state index in [0.29, 0.717) is 0 Å². The van der Waals surface area contributed by atoms with E-state index in [4.69, 9.17) is 0 Å². The molecule has 2 aromatic heterocycles. The number of nitrogens with zero attached hydrogens (tertiary/aromatic N) is 3. The zero-order valence-corrected chi connectivity index (χ0v) is 11.6. The Morgan fingerprint density at radius 1 is 1.32 bits per heavy atom. The van der Waals surface area contributed by atoms with Gasteiger partial charge in [0.1, 0.15) is 5.01 Å². The molecule has 4 nitrogen and oxygen atoms in total. The summed E-state index contributed by atoms with van der Waals surface area (Å²) in [7, 11) is 0. The molecule has 0 bridgehead atoms. The highest BCUT2D eigenvalue weighted by atomic mass is 32.1. The number of fused-ring (bicyclic) bond motifs is 1. The number of hydrogen-bond donors (Lipinski definition) is 1. The molecule has 1 aromatic carbocycles. The number of nitrogens with one attached hydrogen (secondary N) is 1. The fourth-order valence-corrected chi connectivity index (χ4v) is 2.99. The van der Waals surface area contributed by atoms with E-state index < -0.39 is 0 Å². The van der Waals surface area contributed by atoms with Crippen molar-refractivity contribution >= 4 is 21.6 Å². The predicted molar refractivity (Wildman–Crippen MR) is 78.3 cm³/mol. The summed E-state index contributed by atoms with van der Waals surface area (Å²) < 4.78 is 3.18. The Bertz CT molecular complexity index is 611. The Hall–Kier alpha value is -1.72. The van der Waals surface area contributed by atoms with Crippen molar-refractivity contribution < 1.29 is 0 Å². The molecule has 0 aliphatic carbocycles. The Labute approximate surface area is 116 Å². The van der Waals surface area contributed by atoms with Crippen molar-refractivity contribution in [3.8, 4) is 0 Å². The number of benzene rings is 1. The number of para-hydroxylation sites is 1. The maximum absolute atomic E-state index is 4.66. The van der Waals surface area contributed by atoms with Crippen molar-refractivity contribution in [1.29, 1.82) is 0 Å². The Morgan fingerprint density at radius 3 is 3.00 bits per heavy atom. The van der Waals surface area contributed by atoms with Gasteiger partial charge in [-0.15, -0.1) is 11.3 Å². The van der Waals surface area contributed by atoms with Gasteiger partial charge >= 0.3 is 0 Å². The van der Waals surface area contributed by atoms with Crippen LogP contribution in [0.1, 0.15) is 18.0 Å². The van der Waals surface area contributed by atoms with Crippen LogP contribution in [0.5, 0.6) is 0 Å².